The second kappa shape index (κ2) is 3.86. The molecule has 2 rings (SSSR count). The Morgan fingerprint density at radius 2 is 1.81 bits per heavy atom. The zero-order valence-electron chi connectivity index (χ0n) is 11.0. The van der Waals surface area contributed by atoms with Crippen LogP contribution in [0.1, 0.15) is 41.0 Å². The number of nitrogens with one attached hydrogen (secondary N) is 1. The van der Waals surface area contributed by atoms with E-state index >= 15 is 0 Å². The molecule has 16 heavy (non-hydrogen) atoms. The van der Waals surface area contributed by atoms with Crippen LogP contribution in [-0.2, 0) is 9.31 Å². The molecule has 2 aliphatic rings. The van der Waals surface area contributed by atoms with Gasteiger partial charge in [0.2, 0.25) is 0 Å². The van der Waals surface area contributed by atoms with E-state index in [0.29, 0.717) is 6.04 Å². The fourth-order valence-electron chi connectivity index (χ4n) is 2.09. The van der Waals surface area contributed by atoms with E-state index in [1.807, 2.05) is 0 Å². The Balaban J connectivity index is 2.11. The van der Waals surface area contributed by atoms with Crippen molar-refractivity contribution in [2.24, 2.45) is 0 Å². The van der Waals surface area contributed by atoms with Gasteiger partial charge in [0.1, 0.15) is 0 Å². The van der Waals surface area contributed by atoms with Crippen LogP contribution in [0.25, 0.3) is 0 Å². The first-order valence-electron chi connectivity index (χ1n) is 6.10. The molecule has 0 amide bonds. The fourth-order valence-corrected chi connectivity index (χ4v) is 2.09. The normalized spacial score (nSPS) is 32.7. The van der Waals surface area contributed by atoms with Gasteiger partial charge in [0.05, 0.1) is 11.2 Å². The van der Waals surface area contributed by atoms with Crippen molar-refractivity contribution in [2.45, 2.75) is 58.3 Å². The minimum atomic E-state index is -0.230. The molecule has 90 valence electrons. The first-order chi connectivity index (χ1) is 7.32. The molecule has 2 heterocycles. The summed E-state index contributed by atoms with van der Waals surface area (Å²) >= 11 is 0. The lowest BCUT2D eigenvalue weighted by atomic mass is 9.73. The molecule has 0 bridgehead atoms. The van der Waals surface area contributed by atoms with Crippen LogP contribution >= 0.6 is 0 Å². The van der Waals surface area contributed by atoms with E-state index < -0.39 is 0 Å². The van der Waals surface area contributed by atoms with Gasteiger partial charge in [-0.05, 0) is 46.5 Å². The molecule has 2 aliphatic heterocycles. The molecule has 1 saturated heterocycles. The van der Waals surface area contributed by atoms with Crippen LogP contribution in [0, 0.1) is 0 Å². The maximum atomic E-state index is 6.03. The average Bonchev–Trinajstić information content (AvgIpc) is 2.36. The second-order valence-corrected chi connectivity index (χ2v) is 5.88. The molecule has 0 unspecified atom stereocenters. The Hall–Kier alpha value is -0.315. The predicted molar refractivity (Wildman–Crippen MR) is 66.2 cm³/mol. The topological polar surface area (TPSA) is 30.5 Å². The molecule has 0 radical (unpaired) electrons. The molecular formula is C12H22BNO2. The van der Waals surface area contributed by atoms with E-state index in [9.17, 15) is 0 Å². The average molecular weight is 223 g/mol. The van der Waals surface area contributed by atoms with Crippen LogP contribution in [-0.4, -0.2) is 30.9 Å². The summed E-state index contributed by atoms with van der Waals surface area (Å²) in [5.41, 5.74) is 0.823. The van der Waals surface area contributed by atoms with Gasteiger partial charge in [0.15, 0.2) is 0 Å². The standard InChI is InChI=1S/C12H22BNO2/c1-9-8-10(6-7-14-9)13-15-11(2,3)12(4,5)16-13/h6,9,14H,7-8H2,1-5H3/t9-/m1/s1. The van der Waals surface area contributed by atoms with Gasteiger partial charge < -0.3 is 14.6 Å². The van der Waals surface area contributed by atoms with Crippen molar-refractivity contribution in [3.8, 4) is 0 Å². The lowest BCUT2D eigenvalue weighted by molar-refractivity contribution is 0.00578. The quantitative estimate of drug-likeness (QED) is 0.689. The Kier molecular flexibility index (Phi) is 2.93. The molecule has 1 fully saturated rings. The summed E-state index contributed by atoms with van der Waals surface area (Å²) in [4.78, 5) is 0. The van der Waals surface area contributed by atoms with Gasteiger partial charge in [0.25, 0.3) is 0 Å². The summed E-state index contributed by atoms with van der Waals surface area (Å²) < 4.78 is 12.1. The maximum Gasteiger partial charge on any atom is 0.490 e. The van der Waals surface area contributed by atoms with Gasteiger partial charge >= 0.3 is 7.12 Å². The molecule has 0 aromatic rings. The SMILES string of the molecule is C[C@@H]1CC(B2OC(C)(C)C(C)(C)O2)=CCN1. The summed E-state index contributed by atoms with van der Waals surface area (Å²) in [6.07, 6.45) is 3.21. The Morgan fingerprint density at radius 3 is 2.31 bits per heavy atom. The minimum absolute atomic E-state index is 0.158. The van der Waals surface area contributed by atoms with E-state index in [2.05, 4.69) is 46.0 Å². The van der Waals surface area contributed by atoms with Crippen LogP contribution in [0.2, 0.25) is 0 Å². The second-order valence-electron chi connectivity index (χ2n) is 5.88. The van der Waals surface area contributed by atoms with Crippen molar-refractivity contribution in [1.29, 1.82) is 0 Å². The zero-order valence-corrected chi connectivity index (χ0v) is 11.0. The summed E-state index contributed by atoms with van der Waals surface area (Å²) in [6.45, 7) is 11.5. The van der Waals surface area contributed by atoms with Crippen LogP contribution in [0.3, 0.4) is 0 Å². The third kappa shape index (κ3) is 2.06. The van der Waals surface area contributed by atoms with Crippen molar-refractivity contribution < 1.29 is 9.31 Å². The van der Waals surface area contributed by atoms with Crippen LogP contribution in [0.5, 0.6) is 0 Å². The predicted octanol–water partition coefficient (Wildman–Crippen LogP) is 1.93. The first kappa shape index (κ1) is 12.2. The monoisotopic (exact) mass is 223 g/mol. The lowest BCUT2D eigenvalue weighted by Gasteiger charge is -2.32. The highest BCUT2D eigenvalue weighted by molar-refractivity contribution is 6.54. The van der Waals surface area contributed by atoms with Gasteiger partial charge in [-0.15, -0.1) is 0 Å². The number of hydrogen-bond donors (Lipinski definition) is 1. The largest absolute Gasteiger partial charge is 0.490 e. The smallest absolute Gasteiger partial charge is 0.400 e. The van der Waals surface area contributed by atoms with Crippen LogP contribution < -0.4 is 5.32 Å². The van der Waals surface area contributed by atoms with Crippen LogP contribution in [0.15, 0.2) is 11.5 Å². The summed E-state index contributed by atoms with van der Waals surface area (Å²) in [5.74, 6) is 0. The van der Waals surface area contributed by atoms with Gasteiger partial charge in [0, 0.05) is 12.6 Å². The molecule has 0 aliphatic carbocycles. The van der Waals surface area contributed by atoms with E-state index in [0.717, 1.165) is 13.0 Å². The molecule has 4 heteroatoms. The zero-order chi connectivity index (χ0) is 12.0. The fraction of sp³-hybridized carbons (Fsp3) is 0.833. The molecule has 0 aromatic carbocycles. The van der Waals surface area contributed by atoms with E-state index in [-0.39, 0.29) is 18.3 Å². The Labute approximate surface area is 98.7 Å². The third-order valence-corrected chi connectivity index (χ3v) is 3.93. The van der Waals surface area contributed by atoms with Gasteiger partial charge in [-0.25, -0.2) is 0 Å². The highest BCUT2D eigenvalue weighted by Gasteiger charge is 2.52. The molecule has 0 aromatic heterocycles. The van der Waals surface area contributed by atoms with Crippen molar-refractivity contribution in [2.75, 3.05) is 6.54 Å². The molecule has 0 saturated carbocycles. The molecule has 1 N–H and O–H groups in total. The minimum Gasteiger partial charge on any atom is -0.400 e. The number of hydrogen-bond acceptors (Lipinski definition) is 3. The van der Waals surface area contributed by atoms with Gasteiger partial charge in [-0.1, -0.05) is 6.08 Å². The summed E-state index contributed by atoms with van der Waals surface area (Å²) in [7, 11) is -0.158. The van der Waals surface area contributed by atoms with E-state index in [1.165, 1.54) is 5.47 Å². The lowest BCUT2D eigenvalue weighted by Crippen LogP contribution is -2.41. The van der Waals surface area contributed by atoms with Crippen LogP contribution in [0.4, 0.5) is 0 Å². The highest BCUT2D eigenvalue weighted by atomic mass is 16.7. The van der Waals surface area contributed by atoms with E-state index in [1.54, 1.807) is 0 Å². The van der Waals surface area contributed by atoms with Crippen molar-refractivity contribution in [1.82, 2.24) is 5.32 Å². The van der Waals surface area contributed by atoms with Crippen molar-refractivity contribution in [3.63, 3.8) is 0 Å². The van der Waals surface area contributed by atoms with Gasteiger partial charge in [-0.2, -0.15) is 0 Å². The molecule has 0 spiro atoms. The first-order valence-corrected chi connectivity index (χ1v) is 6.10. The maximum absolute atomic E-state index is 6.03. The third-order valence-electron chi connectivity index (χ3n) is 3.93. The van der Waals surface area contributed by atoms with E-state index in [4.69, 9.17) is 9.31 Å². The molecule has 3 nitrogen and oxygen atoms in total. The highest BCUT2D eigenvalue weighted by Crippen LogP contribution is 2.39. The Morgan fingerprint density at radius 1 is 1.25 bits per heavy atom. The van der Waals surface area contributed by atoms with Crippen molar-refractivity contribution >= 4 is 7.12 Å². The number of rotatable bonds is 1. The molecular weight excluding hydrogens is 201 g/mol. The van der Waals surface area contributed by atoms with Crippen molar-refractivity contribution in [3.05, 3.63) is 11.5 Å². The molecule has 1 atom stereocenters. The summed E-state index contributed by atoms with van der Waals surface area (Å²) in [6, 6.07) is 0.513. The van der Waals surface area contributed by atoms with Gasteiger partial charge in [-0.3, -0.25) is 0 Å². The summed E-state index contributed by atoms with van der Waals surface area (Å²) in [5, 5.41) is 3.39. The Bertz CT molecular complexity index is 296.